The lowest BCUT2D eigenvalue weighted by Crippen LogP contribution is -2.29. The Kier molecular flexibility index (Phi) is 5.41. The summed E-state index contributed by atoms with van der Waals surface area (Å²) < 4.78 is 59.5. The van der Waals surface area contributed by atoms with Gasteiger partial charge in [-0.1, -0.05) is 6.92 Å². The number of halogens is 3. The topological polar surface area (TPSA) is 49.4 Å². The molecule has 0 bridgehead atoms. The number of nitrogens with zero attached hydrogens (tertiary/aromatic N) is 1. The smallest absolute Gasteiger partial charge is 0.373 e. The van der Waals surface area contributed by atoms with E-state index in [1.165, 1.54) is 12.1 Å². The zero-order valence-corrected chi connectivity index (χ0v) is 12.1. The lowest BCUT2D eigenvalue weighted by atomic mass is 10.3. The molecule has 0 aliphatic rings. The van der Waals surface area contributed by atoms with Crippen molar-refractivity contribution in [2.24, 2.45) is 0 Å². The van der Waals surface area contributed by atoms with Gasteiger partial charge >= 0.3 is 5.51 Å². The second kappa shape index (κ2) is 6.45. The molecule has 1 aromatic rings. The molecular weight excluding hydrogens is 293 g/mol. The van der Waals surface area contributed by atoms with Crippen LogP contribution in [0, 0.1) is 0 Å². The van der Waals surface area contributed by atoms with E-state index in [0.717, 1.165) is 25.2 Å². The zero-order valence-electron chi connectivity index (χ0n) is 11.2. The minimum Gasteiger partial charge on any atom is -0.373 e. The van der Waals surface area contributed by atoms with Crippen molar-refractivity contribution >= 4 is 15.5 Å². The molecule has 8 heteroatoms. The molecule has 0 saturated heterocycles. The Bertz CT molecular complexity index is 527. The lowest BCUT2D eigenvalue weighted by Gasteiger charge is -2.19. The monoisotopic (exact) mass is 310 g/mol. The van der Waals surface area contributed by atoms with E-state index in [1.807, 2.05) is 11.8 Å². The number of anilines is 1. The predicted molar refractivity (Wildman–Crippen MR) is 71.5 cm³/mol. The molecule has 20 heavy (non-hydrogen) atoms. The van der Waals surface area contributed by atoms with E-state index >= 15 is 0 Å². The van der Waals surface area contributed by atoms with Gasteiger partial charge in [-0.3, -0.25) is 0 Å². The van der Waals surface area contributed by atoms with E-state index in [1.54, 1.807) is 7.05 Å². The van der Waals surface area contributed by atoms with E-state index in [4.69, 9.17) is 0 Å². The van der Waals surface area contributed by atoms with Crippen LogP contribution in [0.5, 0.6) is 0 Å². The van der Waals surface area contributed by atoms with E-state index in [2.05, 4.69) is 5.32 Å². The summed E-state index contributed by atoms with van der Waals surface area (Å²) >= 11 is 0. The third-order valence-electron chi connectivity index (χ3n) is 2.77. The maximum Gasteiger partial charge on any atom is 0.501 e. The van der Waals surface area contributed by atoms with Gasteiger partial charge in [0.15, 0.2) is 0 Å². The van der Waals surface area contributed by atoms with Crippen molar-refractivity contribution in [3.05, 3.63) is 24.3 Å². The molecule has 0 atom stereocenters. The number of hydrogen-bond donors (Lipinski definition) is 1. The van der Waals surface area contributed by atoms with Crippen LogP contribution in [0.4, 0.5) is 18.9 Å². The number of benzene rings is 1. The van der Waals surface area contributed by atoms with Gasteiger partial charge in [0.05, 0.1) is 4.90 Å². The van der Waals surface area contributed by atoms with Crippen LogP contribution in [-0.4, -0.2) is 40.6 Å². The van der Waals surface area contributed by atoms with Crippen molar-refractivity contribution < 1.29 is 21.6 Å². The molecule has 0 amide bonds. The molecule has 0 aliphatic carbocycles. The van der Waals surface area contributed by atoms with Crippen LogP contribution in [0.15, 0.2) is 29.2 Å². The van der Waals surface area contributed by atoms with Crippen molar-refractivity contribution in [2.75, 3.05) is 31.6 Å². The Morgan fingerprint density at radius 1 is 1.20 bits per heavy atom. The second-order valence-corrected chi connectivity index (χ2v) is 6.16. The Labute approximate surface area is 116 Å². The fraction of sp³-hybridized carbons (Fsp3) is 0.500. The summed E-state index contributed by atoms with van der Waals surface area (Å²) in [6.45, 7) is 4.20. The van der Waals surface area contributed by atoms with Crippen LogP contribution in [-0.2, 0) is 9.84 Å². The molecule has 0 aliphatic heterocycles. The van der Waals surface area contributed by atoms with E-state index in [9.17, 15) is 21.6 Å². The first-order chi connectivity index (χ1) is 9.20. The highest BCUT2D eigenvalue weighted by atomic mass is 32.2. The number of hydrogen-bond acceptors (Lipinski definition) is 4. The Balaban J connectivity index is 2.84. The molecule has 1 N–H and O–H groups in total. The van der Waals surface area contributed by atoms with Gasteiger partial charge in [0, 0.05) is 25.8 Å². The largest absolute Gasteiger partial charge is 0.501 e. The fourth-order valence-corrected chi connectivity index (χ4v) is 2.33. The maximum absolute atomic E-state index is 12.4. The van der Waals surface area contributed by atoms with Crippen molar-refractivity contribution in [1.82, 2.24) is 5.32 Å². The summed E-state index contributed by atoms with van der Waals surface area (Å²) in [5, 5.41) is 3.12. The first kappa shape index (κ1) is 16.8. The fourth-order valence-electron chi connectivity index (χ4n) is 1.57. The van der Waals surface area contributed by atoms with Gasteiger partial charge in [-0.2, -0.15) is 13.2 Å². The second-order valence-electron chi connectivity index (χ2n) is 4.22. The van der Waals surface area contributed by atoms with Crippen LogP contribution in [0.1, 0.15) is 6.92 Å². The molecular formula is C12H17F3N2O2S. The summed E-state index contributed by atoms with van der Waals surface area (Å²) in [4.78, 5) is 1.08. The van der Waals surface area contributed by atoms with Crippen LogP contribution in [0.25, 0.3) is 0 Å². The van der Waals surface area contributed by atoms with Crippen molar-refractivity contribution in [3.8, 4) is 0 Å². The third-order valence-corrected chi connectivity index (χ3v) is 4.27. The summed E-state index contributed by atoms with van der Waals surface area (Å²) in [5.41, 5.74) is -4.62. The molecule has 0 saturated carbocycles. The minimum atomic E-state index is -5.27. The summed E-state index contributed by atoms with van der Waals surface area (Å²) in [5.74, 6) is 0. The molecule has 0 radical (unpaired) electrons. The summed E-state index contributed by atoms with van der Waals surface area (Å²) in [6, 6.07) is 4.68. The number of likely N-dealkylation sites (N-methyl/N-ethyl adjacent to an activating group) is 2. The first-order valence-corrected chi connectivity index (χ1v) is 7.51. The highest BCUT2D eigenvalue weighted by molar-refractivity contribution is 7.92. The molecule has 0 unspecified atom stereocenters. The van der Waals surface area contributed by atoms with Crippen molar-refractivity contribution in [2.45, 2.75) is 17.3 Å². The van der Waals surface area contributed by atoms with Gasteiger partial charge in [0.25, 0.3) is 9.84 Å². The predicted octanol–water partition coefficient (Wildman–Crippen LogP) is 2.03. The van der Waals surface area contributed by atoms with E-state index in [-0.39, 0.29) is 0 Å². The van der Waals surface area contributed by atoms with Crippen LogP contribution in [0.2, 0.25) is 0 Å². The van der Waals surface area contributed by atoms with Crippen molar-refractivity contribution in [3.63, 3.8) is 0 Å². The Morgan fingerprint density at radius 2 is 1.75 bits per heavy atom. The van der Waals surface area contributed by atoms with Gasteiger partial charge in [-0.05, 0) is 30.8 Å². The van der Waals surface area contributed by atoms with Crippen LogP contribution in [0.3, 0.4) is 0 Å². The number of rotatable bonds is 6. The Hall–Kier alpha value is -1.28. The van der Waals surface area contributed by atoms with E-state index in [0.29, 0.717) is 12.2 Å². The Morgan fingerprint density at radius 3 is 2.20 bits per heavy atom. The van der Waals surface area contributed by atoms with Gasteiger partial charge in [0.2, 0.25) is 0 Å². The van der Waals surface area contributed by atoms with Crippen LogP contribution >= 0.6 is 0 Å². The zero-order chi connectivity index (χ0) is 15.4. The average molecular weight is 310 g/mol. The molecule has 0 aromatic heterocycles. The number of sulfone groups is 1. The molecule has 0 fully saturated rings. The average Bonchev–Trinajstić information content (AvgIpc) is 2.37. The van der Waals surface area contributed by atoms with Gasteiger partial charge in [-0.25, -0.2) is 8.42 Å². The van der Waals surface area contributed by atoms with Crippen molar-refractivity contribution in [1.29, 1.82) is 0 Å². The highest BCUT2D eigenvalue weighted by Gasteiger charge is 2.46. The molecule has 4 nitrogen and oxygen atoms in total. The third kappa shape index (κ3) is 3.86. The van der Waals surface area contributed by atoms with Gasteiger partial charge in [-0.15, -0.1) is 0 Å². The highest BCUT2D eigenvalue weighted by Crippen LogP contribution is 2.30. The summed E-state index contributed by atoms with van der Waals surface area (Å²) in [7, 11) is -3.49. The standard InChI is InChI=1S/C12H17F3N2O2S/c1-3-16-8-9-17(2)10-4-6-11(7-5-10)20(18,19)12(13,14)15/h4-7,16H,3,8-9H2,1-2H3. The van der Waals surface area contributed by atoms with Crippen LogP contribution < -0.4 is 10.2 Å². The number of alkyl halides is 3. The molecule has 0 spiro atoms. The molecule has 114 valence electrons. The SMILES string of the molecule is CCNCCN(C)c1ccc(S(=O)(=O)C(F)(F)F)cc1. The van der Waals surface area contributed by atoms with Gasteiger partial charge in [0.1, 0.15) is 0 Å². The normalized spacial score (nSPS) is 12.4. The molecule has 1 aromatic carbocycles. The number of nitrogens with one attached hydrogen (secondary N) is 1. The maximum atomic E-state index is 12.4. The quantitative estimate of drug-likeness (QED) is 0.817. The molecule has 0 heterocycles. The summed E-state index contributed by atoms with van der Waals surface area (Å²) in [6.07, 6.45) is 0. The first-order valence-electron chi connectivity index (χ1n) is 6.03. The van der Waals surface area contributed by atoms with E-state index < -0.39 is 20.2 Å². The van der Waals surface area contributed by atoms with Gasteiger partial charge < -0.3 is 10.2 Å². The molecule has 1 rings (SSSR count). The lowest BCUT2D eigenvalue weighted by molar-refractivity contribution is -0.0436. The minimum absolute atomic E-state index is 0.657.